The first-order valence-electron chi connectivity index (χ1n) is 7.70. The van der Waals surface area contributed by atoms with Crippen molar-refractivity contribution in [3.63, 3.8) is 0 Å². The summed E-state index contributed by atoms with van der Waals surface area (Å²) >= 11 is 0. The molecule has 0 unspecified atom stereocenters. The first-order chi connectivity index (χ1) is 10.2. The van der Waals surface area contributed by atoms with Crippen LogP contribution in [0.4, 0.5) is 5.69 Å². The Hall–Kier alpha value is -1.80. The second-order valence-electron chi connectivity index (χ2n) is 5.71. The summed E-state index contributed by atoms with van der Waals surface area (Å²) in [6, 6.07) is 17.2. The lowest BCUT2D eigenvalue weighted by Gasteiger charge is -2.19. The van der Waals surface area contributed by atoms with Crippen LogP contribution < -0.4 is 10.2 Å². The third kappa shape index (κ3) is 4.91. The van der Waals surface area contributed by atoms with Crippen LogP contribution in [0.2, 0.25) is 0 Å². The van der Waals surface area contributed by atoms with Crippen LogP contribution in [0.3, 0.4) is 0 Å². The Bertz CT molecular complexity index is 549. The maximum atomic E-state index is 3.53. The van der Waals surface area contributed by atoms with Crippen molar-refractivity contribution in [2.45, 2.75) is 26.8 Å². The van der Waals surface area contributed by atoms with Crippen LogP contribution in [0.25, 0.3) is 0 Å². The van der Waals surface area contributed by atoms with Crippen molar-refractivity contribution in [3.05, 3.63) is 65.2 Å². The lowest BCUT2D eigenvalue weighted by Crippen LogP contribution is -2.23. The van der Waals surface area contributed by atoms with E-state index in [1.54, 1.807) is 0 Å². The van der Waals surface area contributed by atoms with E-state index in [4.69, 9.17) is 0 Å². The van der Waals surface area contributed by atoms with Gasteiger partial charge in [0.2, 0.25) is 0 Å². The number of hydrogen-bond donors (Lipinski definition) is 1. The molecule has 0 aromatic heterocycles. The summed E-state index contributed by atoms with van der Waals surface area (Å²) in [5, 5.41) is 3.53. The smallest absolute Gasteiger partial charge is 0.0363 e. The molecule has 0 atom stereocenters. The lowest BCUT2D eigenvalue weighted by molar-refractivity contribution is 0.645. The van der Waals surface area contributed by atoms with E-state index in [0.29, 0.717) is 0 Å². The van der Waals surface area contributed by atoms with Gasteiger partial charge in [-0.15, -0.1) is 0 Å². The molecule has 0 amide bonds. The maximum absolute atomic E-state index is 3.53. The number of nitrogens with one attached hydrogen (secondary N) is 1. The average molecular weight is 282 g/mol. The highest BCUT2D eigenvalue weighted by molar-refractivity contribution is 5.44. The minimum Gasteiger partial charge on any atom is -0.375 e. The fourth-order valence-corrected chi connectivity index (χ4v) is 2.40. The summed E-state index contributed by atoms with van der Waals surface area (Å²) < 4.78 is 0. The highest BCUT2D eigenvalue weighted by atomic mass is 15.1. The van der Waals surface area contributed by atoms with Crippen molar-refractivity contribution in [3.8, 4) is 0 Å². The van der Waals surface area contributed by atoms with E-state index in [-0.39, 0.29) is 0 Å². The quantitative estimate of drug-likeness (QED) is 0.774. The molecule has 0 radical (unpaired) electrons. The summed E-state index contributed by atoms with van der Waals surface area (Å²) in [6.07, 6.45) is 1.15. The molecule has 2 rings (SSSR count). The molecule has 0 heterocycles. The molecule has 0 aliphatic heterocycles. The van der Waals surface area contributed by atoms with E-state index in [1.165, 1.54) is 22.4 Å². The van der Waals surface area contributed by atoms with Gasteiger partial charge in [-0.25, -0.2) is 0 Å². The third-order valence-corrected chi connectivity index (χ3v) is 3.94. The molecule has 112 valence electrons. The second-order valence-corrected chi connectivity index (χ2v) is 5.71. The molecule has 0 saturated carbocycles. The molecule has 0 bridgehead atoms. The standard InChI is InChI=1S/C19H26N2/c1-16-10-11-18(14-17(16)2)15-20-12-7-13-21(3)19-8-5-4-6-9-19/h4-6,8-11,14,20H,7,12-13,15H2,1-3H3. The minimum atomic E-state index is 0.955. The van der Waals surface area contributed by atoms with Gasteiger partial charge in [0.25, 0.3) is 0 Å². The second kappa shape index (κ2) is 7.84. The van der Waals surface area contributed by atoms with E-state index in [2.05, 4.69) is 79.6 Å². The first-order valence-corrected chi connectivity index (χ1v) is 7.70. The predicted octanol–water partition coefficient (Wildman–Crippen LogP) is 3.92. The molecule has 0 fully saturated rings. The SMILES string of the molecule is Cc1ccc(CNCCCN(C)c2ccccc2)cc1C. The van der Waals surface area contributed by atoms with E-state index >= 15 is 0 Å². The zero-order valence-corrected chi connectivity index (χ0v) is 13.4. The zero-order chi connectivity index (χ0) is 15.1. The molecular weight excluding hydrogens is 256 g/mol. The van der Waals surface area contributed by atoms with Crippen molar-refractivity contribution in [1.82, 2.24) is 5.32 Å². The van der Waals surface area contributed by atoms with E-state index in [9.17, 15) is 0 Å². The molecule has 1 N–H and O–H groups in total. The summed E-state index contributed by atoms with van der Waals surface area (Å²) in [6.45, 7) is 7.41. The average Bonchev–Trinajstić information content (AvgIpc) is 2.51. The molecule has 0 spiro atoms. The molecule has 21 heavy (non-hydrogen) atoms. The Labute approximate surface area is 128 Å². The predicted molar refractivity (Wildman–Crippen MR) is 92.0 cm³/mol. The van der Waals surface area contributed by atoms with Gasteiger partial charge in [-0.05, 0) is 55.6 Å². The Morgan fingerprint density at radius 1 is 0.952 bits per heavy atom. The van der Waals surface area contributed by atoms with Crippen LogP contribution >= 0.6 is 0 Å². The topological polar surface area (TPSA) is 15.3 Å². The molecule has 0 aliphatic rings. The van der Waals surface area contributed by atoms with E-state index in [0.717, 1.165) is 26.1 Å². The number of aryl methyl sites for hydroxylation is 2. The van der Waals surface area contributed by atoms with Gasteiger partial charge in [-0.2, -0.15) is 0 Å². The minimum absolute atomic E-state index is 0.955. The van der Waals surface area contributed by atoms with E-state index in [1.807, 2.05) is 0 Å². The summed E-state index contributed by atoms with van der Waals surface area (Å²) in [5.74, 6) is 0. The molecule has 2 heteroatoms. The highest BCUT2D eigenvalue weighted by Crippen LogP contribution is 2.11. The molecule has 2 aromatic carbocycles. The molecule has 0 aliphatic carbocycles. The van der Waals surface area contributed by atoms with Crippen molar-refractivity contribution in [1.29, 1.82) is 0 Å². The highest BCUT2D eigenvalue weighted by Gasteiger charge is 2.00. The third-order valence-electron chi connectivity index (χ3n) is 3.94. The van der Waals surface area contributed by atoms with Gasteiger partial charge in [0.15, 0.2) is 0 Å². The Morgan fingerprint density at radius 2 is 1.71 bits per heavy atom. The Kier molecular flexibility index (Phi) is 5.82. The van der Waals surface area contributed by atoms with Crippen LogP contribution in [0.15, 0.2) is 48.5 Å². The Morgan fingerprint density at radius 3 is 2.43 bits per heavy atom. The number of anilines is 1. The normalized spacial score (nSPS) is 10.6. The molecule has 2 aromatic rings. The van der Waals surface area contributed by atoms with Crippen molar-refractivity contribution >= 4 is 5.69 Å². The summed E-state index contributed by atoms with van der Waals surface area (Å²) in [5.41, 5.74) is 5.39. The Balaban J connectivity index is 1.67. The zero-order valence-electron chi connectivity index (χ0n) is 13.4. The van der Waals surface area contributed by atoms with Crippen LogP contribution in [0.1, 0.15) is 23.1 Å². The van der Waals surface area contributed by atoms with Crippen LogP contribution in [0, 0.1) is 13.8 Å². The van der Waals surface area contributed by atoms with Crippen molar-refractivity contribution < 1.29 is 0 Å². The maximum Gasteiger partial charge on any atom is 0.0363 e. The first kappa shape index (κ1) is 15.6. The van der Waals surface area contributed by atoms with Crippen LogP contribution in [-0.2, 0) is 6.54 Å². The number of para-hydroxylation sites is 1. The number of rotatable bonds is 7. The molecule has 2 nitrogen and oxygen atoms in total. The van der Waals surface area contributed by atoms with Gasteiger partial charge in [0.05, 0.1) is 0 Å². The number of nitrogens with zero attached hydrogens (tertiary/aromatic N) is 1. The lowest BCUT2D eigenvalue weighted by atomic mass is 10.1. The number of benzene rings is 2. The fraction of sp³-hybridized carbons (Fsp3) is 0.368. The number of hydrogen-bond acceptors (Lipinski definition) is 2. The van der Waals surface area contributed by atoms with Gasteiger partial charge >= 0.3 is 0 Å². The van der Waals surface area contributed by atoms with Gasteiger partial charge in [-0.3, -0.25) is 0 Å². The molecule has 0 saturated heterocycles. The van der Waals surface area contributed by atoms with Gasteiger partial charge in [0, 0.05) is 25.8 Å². The van der Waals surface area contributed by atoms with Crippen molar-refractivity contribution in [2.75, 3.05) is 25.0 Å². The summed E-state index contributed by atoms with van der Waals surface area (Å²) in [4.78, 5) is 2.30. The molecular formula is C19H26N2. The van der Waals surface area contributed by atoms with Gasteiger partial charge in [0.1, 0.15) is 0 Å². The van der Waals surface area contributed by atoms with Gasteiger partial charge in [-0.1, -0.05) is 36.4 Å². The summed E-state index contributed by atoms with van der Waals surface area (Å²) in [7, 11) is 2.15. The largest absolute Gasteiger partial charge is 0.375 e. The van der Waals surface area contributed by atoms with Gasteiger partial charge < -0.3 is 10.2 Å². The van der Waals surface area contributed by atoms with E-state index < -0.39 is 0 Å². The van der Waals surface area contributed by atoms with Crippen molar-refractivity contribution in [2.24, 2.45) is 0 Å². The van der Waals surface area contributed by atoms with Crippen LogP contribution in [-0.4, -0.2) is 20.1 Å². The van der Waals surface area contributed by atoms with Crippen LogP contribution in [0.5, 0.6) is 0 Å². The fourth-order valence-electron chi connectivity index (χ4n) is 2.40. The monoisotopic (exact) mass is 282 g/mol.